The van der Waals surface area contributed by atoms with Gasteiger partial charge in [0.25, 0.3) is 5.91 Å². The van der Waals surface area contributed by atoms with Crippen molar-refractivity contribution in [1.29, 1.82) is 0 Å². The number of alkyl halides is 3. The molecule has 3 aromatic rings. The van der Waals surface area contributed by atoms with Gasteiger partial charge in [-0.25, -0.2) is 24.9 Å². The van der Waals surface area contributed by atoms with Gasteiger partial charge in [0.2, 0.25) is 5.88 Å². The maximum absolute atomic E-state index is 13.1. The first-order valence-corrected chi connectivity index (χ1v) is 12.9. The molecule has 1 fully saturated rings. The highest BCUT2D eigenvalue weighted by atomic mass is 19.4. The number of amides is 1. The van der Waals surface area contributed by atoms with Crippen LogP contribution in [0.2, 0.25) is 0 Å². The number of nitrogens with zero attached hydrogens (tertiary/aromatic N) is 8. The van der Waals surface area contributed by atoms with Gasteiger partial charge in [-0.2, -0.15) is 13.2 Å². The van der Waals surface area contributed by atoms with Crippen molar-refractivity contribution in [3.8, 4) is 17.3 Å². The van der Waals surface area contributed by atoms with Crippen molar-refractivity contribution in [2.45, 2.75) is 38.4 Å². The van der Waals surface area contributed by atoms with Crippen molar-refractivity contribution >= 4 is 18.5 Å². The molecule has 5 rings (SSSR count). The average molecular weight is 567 g/mol. The van der Waals surface area contributed by atoms with Crippen LogP contribution in [-0.4, -0.2) is 68.6 Å². The van der Waals surface area contributed by atoms with E-state index in [0.29, 0.717) is 34.9 Å². The largest absolute Gasteiger partial charge is 0.480 e. The van der Waals surface area contributed by atoms with E-state index in [-0.39, 0.29) is 30.2 Å². The van der Waals surface area contributed by atoms with E-state index < -0.39 is 11.9 Å². The molecule has 41 heavy (non-hydrogen) atoms. The molecule has 3 heterocycles. The first kappa shape index (κ1) is 28.0. The second-order valence-electron chi connectivity index (χ2n) is 10.1. The Kier molecular flexibility index (Phi) is 7.37. The van der Waals surface area contributed by atoms with Gasteiger partial charge in [0, 0.05) is 38.3 Å². The summed E-state index contributed by atoms with van der Waals surface area (Å²) in [5, 5.41) is 0. The van der Waals surface area contributed by atoms with Crippen LogP contribution in [0.3, 0.4) is 0 Å². The lowest BCUT2D eigenvalue weighted by molar-refractivity contribution is -0.141. The number of likely N-dealkylation sites (N-methyl/N-ethyl adjacent to an activating group) is 1. The SMILES string of the molecule is C=N/C(=N\C1=C(C)C(=O)N(C)CN1Cc1ccc(-c2nc(C(F)(F)F)cn2C)cc1)c1c(OC)ncnc1C1CC1. The highest BCUT2D eigenvalue weighted by Gasteiger charge is 2.35. The minimum Gasteiger partial charge on any atom is -0.480 e. The van der Waals surface area contributed by atoms with Gasteiger partial charge in [0.15, 0.2) is 11.5 Å². The van der Waals surface area contributed by atoms with Crippen molar-refractivity contribution in [1.82, 2.24) is 29.3 Å². The zero-order chi connectivity index (χ0) is 29.5. The van der Waals surface area contributed by atoms with Crippen LogP contribution < -0.4 is 4.74 Å². The van der Waals surface area contributed by atoms with E-state index in [1.807, 2.05) is 17.0 Å². The van der Waals surface area contributed by atoms with Crippen molar-refractivity contribution in [2.75, 3.05) is 20.8 Å². The Morgan fingerprint density at radius 2 is 1.88 bits per heavy atom. The molecule has 1 amide bonds. The summed E-state index contributed by atoms with van der Waals surface area (Å²) in [6, 6.07) is 7.08. The summed E-state index contributed by atoms with van der Waals surface area (Å²) >= 11 is 0. The molecule has 0 spiro atoms. The Morgan fingerprint density at radius 3 is 2.46 bits per heavy atom. The number of carbonyl (C=O) groups excluding carboxylic acids is 1. The molecular weight excluding hydrogens is 537 g/mol. The summed E-state index contributed by atoms with van der Waals surface area (Å²) in [5.41, 5.74) is 2.22. The Hall–Kier alpha value is -4.55. The standard InChI is InChI=1S/C28H29F3N8O2/c1-16-24(36-23(32-2)21-22(18-10-11-18)33-14-34-26(21)41-5)39(15-38(4)27(16)40)12-17-6-8-19(9-7-17)25-35-20(13-37(25)3)28(29,30)31/h6-9,13-14,18H,2,10-12,15H2,1,3-5H3/b36-23-. The average Bonchev–Trinajstić information content (AvgIpc) is 3.72. The summed E-state index contributed by atoms with van der Waals surface area (Å²) < 4.78 is 46.3. The molecule has 0 radical (unpaired) electrons. The lowest BCUT2D eigenvalue weighted by Crippen LogP contribution is -2.44. The molecule has 1 saturated carbocycles. The van der Waals surface area contributed by atoms with Gasteiger partial charge in [-0.1, -0.05) is 24.3 Å². The molecule has 2 aliphatic rings. The molecule has 1 aliphatic heterocycles. The first-order valence-electron chi connectivity index (χ1n) is 12.9. The van der Waals surface area contributed by atoms with Crippen LogP contribution in [-0.2, 0) is 24.6 Å². The number of aromatic nitrogens is 4. The number of aryl methyl sites for hydroxylation is 1. The van der Waals surface area contributed by atoms with Gasteiger partial charge >= 0.3 is 6.18 Å². The minimum absolute atomic E-state index is 0.173. The van der Waals surface area contributed by atoms with E-state index in [1.165, 1.54) is 25.1 Å². The van der Waals surface area contributed by atoms with E-state index >= 15 is 0 Å². The molecule has 10 nitrogen and oxygen atoms in total. The summed E-state index contributed by atoms with van der Waals surface area (Å²) in [7, 11) is 4.74. The topological polar surface area (TPSA) is 101 Å². The van der Waals surface area contributed by atoms with E-state index in [0.717, 1.165) is 30.3 Å². The summed E-state index contributed by atoms with van der Waals surface area (Å²) in [6.45, 7) is 6.05. The number of methoxy groups -OCH3 is 1. The maximum atomic E-state index is 13.1. The van der Waals surface area contributed by atoms with Gasteiger partial charge in [-0.3, -0.25) is 4.79 Å². The minimum atomic E-state index is -4.52. The number of halogens is 3. The summed E-state index contributed by atoms with van der Waals surface area (Å²) in [5.74, 6) is 1.30. The number of aliphatic imine (C=N–C) groups is 2. The summed E-state index contributed by atoms with van der Waals surface area (Å²) in [4.78, 5) is 37.9. The van der Waals surface area contributed by atoms with Gasteiger partial charge in [-0.15, -0.1) is 0 Å². The fourth-order valence-electron chi connectivity index (χ4n) is 4.82. The number of hydrogen-bond donors (Lipinski definition) is 0. The third kappa shape index (κ3) is 5.56. The van der Waals surface area contributed by atoms with E-state index in [4.69, 9.17) is 9.73 Å². The second-order valence-corrected chi connectivity index (χ2v) is 10.1. The Morgan fingerprint density at radius 1 is 1.17 bits per heavy atom. The number of amidine groups is 1. The molecule has 0 N–H and O–H groups in total. The molecule has 13 heteroatoms. The van der Waals surface area contributed by atoms with Crippen LogP contribution in [0.15, 0.2) is 58.2 Å². The third-order valence-corrected chi connectivity index (χ3v) is 7.02. The van der Waals surface area contributed by atoms with Crippen LogP contribution in [0.4, 0.5) is 13.2 Å². The predicted molar refractivity (Wildman–Crippen MR) is 146 cm³/mol. The molecule has 2 aromatic heterocycles. The Labute approximate surface area is 234 Å². The predicted octanol–water partition coefficient (Wildman–Crippen LogP) is 4.39. The Bertz CT molecular complexity index is 1560. The lowest BCUT2D eigenvalue weighted by Gasteiger charge is -2.35. The van der Waals surface area contributed by atoms with Gasteiger partial charge in [-0.05, 0) is 32.0 Å². The molecular formula is C28H29F3N8O2. The first-order chi connectivity index (χ1) is 19.5. The second kappa shape index (κ2) is 10.8. The van der Waals surface area contributed by atoms with Crippen LogP contribution >= 0.6 is 0 Å². The zero-order valence-corrected chi connectivity index (χ0v) is 23.1. The zero-order valence-electron chi connectivity index (χ0n) is 23.1. The fourth-order valence-corrected chi connectivity index (χ4v) is 4.82. The normalized spacial score (nSPS) is 16.5. The van der Waals surface area contributed by atoms with Crippen molar-refractivity contribution in [2.24, 2.45) is 17.0 Å². The maximum Gasteiger partial charge on any atom is 0.434 e. The van der Waals surface area contributed by atoms with Crippen molar-refractivity contribution in [3.05, 3.63) is 70.7 Å². The van der Waals surface area contributed by atoms with E-state index in [2.05, 4.69) is 26.7 Å². The van der Waals surface area contributed by atoms with Crippen molar-refractivity contribution < 1.29 is 22.7 Å². The number of carbonyl (C=O) groups is 1. The molecule has 214 valence electrons. The number of imidazole rings is 1. The van der Waals surface area contributed by atoms with Gasteiger partial charge in [0.1, 0.15) is 23.5 Å². The molecule has 0 bridgehead atoms. The molecule has 1 aromatic carbocycles. The summed E-state index contributed by atoms with van der Waals surface area (Å²) in [6.07, 6.45) is -0.135. The van der Waals surface area contributed by atoms with Crippen LogP contribution in [0, 0.1) is 0 Å². The smallest absolute Gasteiger partial charge is 0.434 e. The highest BCUT2D eigenvalue weighted by molar-refractivity contribution is 6.05. The number of ether oxygens (including phenoxy) is 1. The molecule has 0 unspecified atom stereocenters. The Balaban J connectivity index is 1.48. The molecule has 0 atom stereocenters. The third-order valence-electron chi connectivity index (χ3n) is 7.02. The van der Waals surface area contributed by atoms with Crippen LogP contribution in [0.25, 0.3) is 11.4 Å². The van der Waals surface area contributed by atoms with E-state index in [9.17, 15) is 18.0 Å². The number of rotatable bonds is 7. The molecule has 0 saturated heterocycles. The number of hydrogen-bond acceptors (Lipinski definition) is 7. The quantitative estimate of drug-likeness (QED) is 0.311. The number of benzene rings is 1. The molecule has 1 aliphatic carbocycles. The van der Waals surface area contributed by atoms with Gasteiger partial charge in [0.05, 0.1) is 25.0 Å². The lowest BCUT2D eigenvalue weighted by atomic mass is 10.1. The van der Waals surface area contributed by atoms with Crippen LogP contribution in [0.5, 0.6) is 5.88 Å². The highest BCUT2D eigenvalue weighted by Crippen LogP contribution is 2.42. The monoisotopic (exact) mass is 566 g/mol. The fraction of sp³-hybridized carbons (Fsp3) is 0.357. The van der Waals surface area contributed by atoms with Gasteiger partial charge < -0.3 is 19.1 Å². The van der Waals surface area contributed by atoms with Crippen LogP contribution in [0.1, 0.15) is 48.2 Å². The van der Waals surface area contributed by atoms with Crippen molar-refractivity contribution in [3.63, 3.8) is 0 Å². The van der Waals surface area contributed by atoms with E-state index in [1.54, 1.807) is 31.0 Å².